The first-order chi connectivity index (χ1) is 19.1. The summed E-state index contributed by atoms with van der Waals surface area (Å²) in [4.78, 5) is 29.6. The molecule has 2 nitrogen and oxygen atoms in total. The Morgan fingerprint density at radius 2 is 0.897 bits per heavy atom. The SMILES string of the molecule is O=C(c1ccccc1)[C@@]1(c2ccccc2)S[C@@H](c2ccccc2)[C@@](C(=O)c2ccccc2)(c2ccccc2)S1. The zero-order valence-corrected chi connectivity index (χ0v) is 22.8. The van der Waals surface area contributed by atoms with E-state index in [2.05, 4.69) is 12.1 Å². The summed E-state index contributed by atoms with van der Waals surface area (Å²) in [7, 11) is 0. The van der Waals surface area contributed by atoms with E-state index in [1.54, 1.807) is 11.8 Å². The molecule has 5 aromatic rings. The Bertz CT molecular complexity index is 1580. The molecular weight excluding hydrogens is 517 g/mol. The fraction of sp³-hybridized carbons (Fsp3) is 0.0857. The van der Waals surface area contributed by atoms with E-state index in [1.165, 1.54) is 11.8 Å². The highest BCUT2D eigenvalue weighted by Crippen LogP contribution is 2.74. The molecule has 5 aromatic carbocycles. The average Bonchev–Trinajstić information content (AvgIpc) is 3.41. The van der Waals surface area contributed by atoms with Crippen molar-refractivity contribution in [3.63, 3.8) is 0 Å². The minimum atomic E-state index is -1.06. The maximum atomic E-state index is 14.9. The van der Waals surface area contributed by atoms with Gasteiger partial charge in [-0.3, -0.25) is 9.59 Å². The highest BCUT2D eigenvalue weighted by molar-refractivity contribution is 8.22. The molecular formula is C35H26O2S2. The minimum Gasteiger partial charge on any atom is -0.292 e. The molecule has 0 saturated carbocycles. The quantitative estimate of drug-likeness (QED) is 0.193. The van der Waals surface area contributed by atoms with Gasteiger partial charge in [-0.05, 0) is 16.7 Å². The van der Waals surface area contributed by atoms with Crippen molar-refractivity contribution in [2.75, 3.05) is 0 Å². The lowest BCUT2D eigenvalue weighted by atomic mass is 9.84. The van der Waals surface area contributed by atoms with Crippen LogP contribution in [0.15, 0.2) is 152 Å². The van der Waals surface area contributed by atoms with Gasteiger partial charge in [-0.2, -0.15) is 0 Å². The van der Waals surface area contributed by atoms with Crippen LogP contribution in [-0.4, -0.2) is 11.6 Å². The predicted octanol–water partition coefficient (Wildman–Crippen LogP) is 8.72. The van der Waals surface area contributed by atoms with Crippen LogP contribution in [0.1, 0.15) is 42.7 Å². The summed E-state index contributed by atoms with van der Waals surface area (Å²) in [6.07, 6.45) is 0. The van der Waals surface area contributed by atoms with Gasteiger partial charge in [0.25, 0.3) is 0 Å². The molecule has 0 aliphatic carbocycles. The van der Waals surface area contributed by atoms with Gasteiger partial charge in [0.15, 0.2) is 15.6 Å². The number of carbonyl (C=O) groups is 2. The van der Waals surface area contributed by atoms with E-state index in [9.17, 15) is 9.59 Å². The molecule has 0 aromatic heterocycles. The molecule has 0 N–H and O–H groups in total. The summed E-state index contributed by atoms with van der Waals surface area (Å²) in [5, 5.41) is -0.327. The second-order valence-corrected chi connectivity index (χ2v) is 12.5. The van der Waals surface area contributed by atoms with Gasteiger partial charge in [-0.25, -0.2) is 0 Å². The van der Waals surface area contributed by atoms with Crippen LogP contribution in [0, 0.1) is 0 Å². The number of hydrogen-bond acceptors (Lipinski definition) is 4. The first-order valence-corrected chi connectivity index (χ1v) is 14.6. The van der Waals surface area contributed by atoms with Crippen LogP contribution in [0.2, 0.25) is 0 Å². The fourth-order valence-corrected chi connectivity index (χ4v) is 9.60. The molecule has 4 heteroatoms. The van der Waals surface area contributed by atoms with Gasteiger partial charge in [0.1, 0.15) is 4.75 Å². The standard InChI is InChI=1S/C35H26O2S2/c36-31(26-16-6-1-7-17-26)34(29-22-12-4-13-23-29)33(28-20-10-3-11-21-28)38-35(39-34,30-24-14-5-15-25-30)32(37)27-18-8-2-9-19-27/h1-25,33H/t33-,34-,35-/m0/s1. The number of ketones is 2. The summed E-state index contributed by atoms with van der Waals surface area (Å²) in [5.74, 6) is -0.0109. The highest BCUT2D eigenvalue weighted by atomic mass is 32.2. The first kappa shape index (κ1) is 25.4. The van der Waals surface area contributed by atoms with Crippen molar-refractivity contribution in [1.29, 1.82) is 0 Å². The molecule has 1 aliphatic heterocycles. The van der Waals surface area contributed by atoms with Crippen molar-refractivity contribution in [3.8, 4) is 0 Å². The molecule has 0 spiro atoms. The smallest absolute Gasteiger partial charge is 0.193 e. The maximum Gasteiger partial charge on any atom is 0.193 e. The van der Waals surface area contributed by atoms with Crippen molar-refractivity contribution in [2.24, 2.45) is 0 Å². The normalized spacial score (nSPS) is 22.3. The zero-order valence-electron chi connectivity index (χ0n) is 21.1. The Balaban J connectivity index is 1.66. The molecule has 6 rings (SSSR count). The van der Waals surface area contributed by atoms with E-state index in [1.807, 2.05) is 140 Å². The van der Waals surface area contributed by atoms with Crippen LogP contribution in [0.3, 0.4) is 0 Å². The number of hydrogen-bond donors (Lipinski definition) is 0. The third kappa shape index (κ3) is 4.44. The van der Waals surface area contributed by atoms with Gasteiger partial charge in [0.05, 0.1) is 5.25 Å². The number of carbonyl (C=O) groups excluding carboxylic acids is 2. The molecule has 1 fully saturated rings. The Morgan fingerprint density at radius 1 is 0.487 bits per heavy atom. The molecule has 1 aliphatic rings. The summed E-state index contributed by atoms with van der Waals surface area (Å²) in [5.41, 5.74) is 4.05. The topological polar surface area (TPSA) is 34.1 Å². The summed E-state index contributed by atoms with van der Waals surface area (Å²) in [6.45, 7) is 0. The van der Waals surface area contributed by atoms with Crippen LogP contribution in [0.4, 0.5) is 0 Å². The monoisotopic (exact) mass is 542 g/mol. The molecule has 0 bridgehead atoms. The summed E-state index contributed by atoms with van der Waals surface area (Å²) in [6, 6.07) is 48.9. The largest absolute Gasteiger partial charge is 0.292 e. The minimum absolute atomic E-state index is 0.000629. The van der Waals surface area contributed by atoms with Crippen molar-refractivity contribution >= 4 is 35.1 Å². The predicted molar refractivity (Wildman–Crippen MR) is 162 cm³/mol. The molecule has 0 radical (unpaired) electrons. The van der Waals surface area contributed by atoms with Crippen LogP contribution >= 0.6 is 23.5 Å². The number of benzene rings is 5. The van der Waals surface area contributed by atoms with Crippen molar-refractivity contribution in [2.45, 2.75) is 14.1 Å². The lowest BCUT2D eigenvalue weighted by molar-refractivity contribution is 0.0940. The number of rotatable bonds is 7. The van der Waals surface area contributed by atoms with Crippen molar-refractivity contribution < 1.29 is 9.59 Å². The van der Waals surface area contributed by atoms with Gasteiger partial charge >= 0.3 is 0 Å². The number of thioether (sulfide) groups is 2. The molecule has 190 valence electrons. The zero-order chi connectivity index (χ0) is 26.7. The Morgan fingerprint density at radius 3 is 1.41 bits per heavy atom. The summed E-state index contributed by atoms with van der Waals surface area (Å²) >= 11 is 3.07. The van der Waals surface area contributed by atoms with E-state index in [4.69, 9.17) is 0 Å². The third-order valence-electron chi connectivity index (χ3n) is 7.12. The van der Waals surface area contributed by atoms with E-state index in [-0.39, 0.29) is 16.8 Å². The van der Waals surface area contributed by atoms with Crippen molar-refractivity contribution in [1.82, 2.24) is 0 Å². The van der Waals surface area contributed by atoms with Crippen LogP contribution in [0.25, 0.3) is 0 Å². The van der Waals surface area contributed by atoms with Crippen molar-refractivity contribution in [3.05, 3.63) is 179 Å². The van der Waals surface area contributed by atoms with Crippen LogP contribution in [-0.2, 0) is 8.83 Å². The molecule has 39 heavy (non-hydrogen) atoms. The molecule has 1 saturated heterocycles. The number of Topliss-reactive ketones (excluding diaryl/α,β-unsaturated/α-hetero) is 2. The van der Waals surface area contributed by atoms with Gasteiger partial charge in [-0.15, -0.1) is 23.5 Å². The Labute approximate surface area is 237 Å². The lowest BCUT2D eigenvalue weighted by Gasteiger charge is -2.34. The average molecular weight is 543 g/mol. The summed E-state index contributed by atoms with van der Waals surface area (Å²) < 4.78 is -2.11. The maximum absolute atomic E-state index is 14.9. The van der Waals surface area contributed by atoms with E-state index >= 15 is 0 Å². The second kappa shape index (κ2) is 10.7. The Kier molecular flexibility index (Phi) is 6.99. The van der Waals surface area contributed by atoms with E-state index in [0.717, 1.165) is 16.7 Å². The first-order valence-electron chi connectivity index (χ1n) is 12.9. The van der Waals surface area contributed by atoms with Crippen LogP contribution in [0.5, 0.6) is 0 Å². The lowest BCUT2D eigenvalue weighted by Crippen LogP contribution is -2.37. The molecule has 0 amide bonds. The van der Waals surface area contributed by atoms with Gasteiger partial charge in [0.2, 0.25) is 0 Å². The van der Waals surface area contributed by atoms with E-state index in [0.29, 0.717) is 11.1 Å². The van der Waals surface area contributed by atoms with Crippen LogP contribution < -0.4 is 0 Å². The van der Waals surface area contributed by atoms with Gasteiger partial charge < -0.3 is 0 Å². The third-order valence-corrected chi connectivity index (χ3v) is 11.1. The van der Waals surface area contributed by atoms with Gasteiger partial charge in [-0.1, -0.05) is 152 Å². The fourth-order valence-electron chi connectivity index (χ4n) is 5.28. The molecule has 3 atom stereocenters. The Hall–Kier alpha value is -3.86. The highest BCUT2D eigenvalue weighted by Gasteiger charge is 2.64. The van der Waals surface area contributed by atoms with E-state index < -0.39 is 8.83 Å². The molecule has 1 heterocycles. The molecule has 0 unspecified atom stereocenters. The van der Waals surface area contributed by atoms with Gasteiger partial charge in [0, 0.05) is 11.1 Å². The second-order valence-electron chi connectivity index (χ2n) is 9.49.